The van der Waals surface area contributed by atoms with Crippen LogP contribution >= 0.6 is 0 Å². The number of nitrogens with one attached hydrogen (secondary N) is 1. The van der Waals surface area contributed by atoms with Crippen molar-refractivity contribution in [1.82, 2.24) is 20.1 Å². The molecule has 3 N–H and O–H groups in total. The molecule has 2 unspecified atom stereocenters. The van der Waals surface area contributed by atoms with Crippen molar-refractivity contribution >= 4 is 11.0 Å². The highest BCUT2D eigenvalue weighted by Crippen LogP contribution is 2.51. The average Bonchev–Trinajstić information content (AvgIpc) is 2.92. The number of nitrogens with two attached hydrogens (primary N) is 1. The lowest BCUT2D eigenvalue weighted by Crippen LogP contribution is -2.41. The van der Waals surface area contributed by atoms with Gasteiger partial charge in [0.1, 0.15) is 12.2 Å². The molecule has 0 bridgehead atoms. The molecular weight excluding hydrogens is 262 g/mol. The molecule has 1 aromatic rings. The Balaban J connectivity index is 1.89. The number of hydrogen-bond donors (Lipinski definition) is 2. The van der Waals surface area contributed by atoms with E-state index >= 15 is 0 Å². The molecule has 0 saturated carbocycles. The zero-order valence-electron chi connectivity index (χ0n) is 11.2. The Kier molecular flexibility index (Phi) is 3.44. The average molecular weight is 283 g/mol. The molecule has 3 heterocycles. The summed E-state index contributed by atoms with van der Waals surface area (Å²) < 4.78 is 13.7. The minimum absolute atomic E-state index is 0.00000992. The summed E-state index contributed by atoms with van der Waals surface area (Å²) >= 11 is 0. The monoisotopic (exact) mass is 283 g/mol. The lowest BCUT2D eigenvalue weighted by Gasteiger charge is -2.39. The summed E-state index contributed by atoms with van der Waals surface area (Å²) in [5, 5.41) is 17.3. The van der Waals surface area contributed by atoms with Gasteiger partial charge in [-0.1, -0.05) is 0 Å². The number of aromatic nitrogens is 3. The Morgan fingerprint density at radius 3 is 3.05 bits per heavy atom. The summed E-state index contributed by atoms with van der Waals surface area (Å²) in [6.45, 7) is 5.05. The van der Waals surface area contributed by atoms with Gasteiger partial charge >= 0.3 is 0 Å². The lowest BCUT2D eigenvalue weighted by atomic mass is 9.69. The normalized spacial score (nSPS) is 28.2. The minimum atomic E-state index is -1.27. The molecule has 2 aliphatic heterocycles. The molecule has 3 rings (SSSR count). The highest BCUT2D eigenvalue weighted by molar-refractivity contribution is 7.83. The van der Waals surface area contributed by atoms with Crippen LogP contribution in [0.5, 0.6) is 0 Å². The third-order valence-electron chi connectivity index (χ3n) is 4.75. The summed E-state index contributed by atoms with van der Waals surface area (Å²) in [7, 11) is -1.27. The van der Waals surface area contributed by atoms with Crippen molar-refractivity contribution in [3.63, 3.8) is 0 Å². The van der Waals surface area contributed by atoms with E-state index in [1.54, 1.807) is 0 Å². The smallest absolute Gasteiger partial charge is 0.136 e. The van der Waals surface area contributed by atoms with Gasteiger partial charge in [0.2, 0.25) is 0 Å². The molecule has 0 aliphatic carbocycles. The van der Waals surface area contributed by atoms with Crippen LogP contribution in [0.4, 0.5) is 0 Å². The largest absolute Gasteiger partial charge is 0.317 e. The molecule has 19 heavy (non-hydrogen) atoms. The molecule has 106 valence electrons. The predicted octanol–water partition coefficient (Wildman–Crippen LogP) is 0.146. The Labute approximate surface area is 115 Å². The molecule has 3 atom stereocenters. The van der Waals surface area contributed by atoms with Crippen LogP contribution in [0.15, 0.2) is 6.33 Å². The van der Waals surface area contributed by atoms with Crippen LogP contribution in [-0.2, 0) is 17.5 Å². The van der Waals surface area contributed by atoms with Crippen molar-refractivity contribution in [3.8, 4) is 0 Å². The van der Waals surface area contributed by atoms with E-state index < -0.39 is 11.0 Å². The standard InChI is InChI=1S/C12H21N5OS/c1-9(19(13)18)6-10-11-16-15-8-17(11)7-12(10)2-4-14-5-3-12/h8-10,14H,2-7,13H2,1H3/t9?,10-,19?/m1/s1. The van der Waals surface area contributed by atoms with Gasteiger partial charge in [0.15, 0.2) is 0 Å². The van der Waals surface area contributed by atoms with Crippen molar-refractivity contribution in [2.24, 2.45) is 10.6 Å². The Morgan fingerprint density at radius 1 is 1.63 bits per heavy atom. The fraction of sp³-hybridized carbons (Fsp3) is 0.833. The molecule has 0 amide bonds. The summed E-state index contributed by atoms with van der Waals surface area (Å²) in [4.78, 5) is 0. The molecule has 1 saturated heterocycles. The van der Waals surface area contributed by atoms with Crippen LogP contribution in [0.25, 0.3) is 0 Å². The van der Waals surface area contributed by atoms with Gasteiger partial charge in [-0.2, -0.15) is 0 Å². The molecule has 6 nitrogen and oxygen atoms in total. The van der Waals surface area contributed by atoms with Crippen LogP contribution < -0.4 is 10.5 Å². The molecular formula is C12H21N5OS. The first-order valence-electron chi connectivity index (χ1n) is 6.86. The maximum absolute atomic E-state index is 11.5. The number of piperidine rings is 1. The van der Waals surface area contributed by atoms with E-state index in [1.165, 1.54) is 0 Å². The molecule has 1 spiro atoms. The fourth-order valence-corrected chi connectivity index (χ4v) is 3.97. The van der Waals surface area contributed by atoms with Crippen LogP contribution in [-0.4, -0.2) is 37.3 Å². The van der Waals surface area contributed by atoms with E-state index in [4.69, 9.17) is 5.14 Å². The molecule has 1 fully saturated rings. The van der Waals surface area contributed by atoms with E-state index in [0.29, 0.717) is 5.92 Å². The lowest BCUT2D eigenvalue weighted by molar-refractivity contribution is 0.151. The van der Waals surface area contributed by atoms with Gasteiger partial charge in [-0.25, -0.2) is 4.21 Å². The fourth-order valence-electron chi connectivity index (χ4n) is 3.59. The van der Waals surface area contributed by atoms with Gasteiger partial charge in [-0.3, -0.25) is 5.14 Å². The number of nitrogens with zero attached hydrogens (tertiary/aromatic N) is 3. The van der Waals surface area contributed by atoms with Gasteiger partial charge in [-0.15, -0.1) is 10.2 Å². The number of rotatable bonds is 3. The third kappa shape index (κ3) is 2.23. The topological polar surface area (TPSA) is 85.8 Å². The molecule has 1 aromatic heterocycles. The van der Waals surface area contributed by atoms with Crippen molar-refractivity contribution in [1.29, 1.82) is 0 Å². The summed E-state index contributed by atoms with van der Waals surface area (Å²) in [5.41, 5.74) is 0.254. The van der Waals surface area contributed by atoms with Crippen LogP contribution in [0.2, 0.25) is 0 Å². The van der Waals surface area contributed by atoms with Crippen LogP contribution in [0, 0.1) is 5.41 Å². The highest BCUT2D eigenvalue weighted by atomic mass is 32.2. The molecule has 0 aromatic carbocycles. The second-order valence-electron chi connectivity index (χ2n) is 5.86. The van der Waals surface area contributed by atoms with Crippen molar-refractivity contribution in [2.45, 2.75) is 43.9 Å². The summed E-state index contributed by atoms with van der Waals surface area (Å²) in [6.07, 6.45) is 4.95. The van der Waals surface area contributed by atoms with Crippen LogP contribution in [0.1, 0.15) is 37.9 Å². The Hall–Kier alpha value is -0.790. The Morgan fingerprint density at radius 2 is 2.37 bits per heavy atom. The van der Waals surface area contributed by atoms with E-state index in [2.05, 4.69) is 20.1 Å². The van der Waals surface area contributed by atoms with Gasteiger partial charge < -0.3 is 9.88 Å². The third-order valence-corrected chi connectivity index (χ3v) is 5.73. The maximum atomic E-state index is 11.5. The van der Waals surface area contributed by atoms with Gasteiger partial charge in [0, 0.05) is 23.1 Å². The first-order valence-corrected chi connectivity index (χ1v) is 8.13. The minimum Gasteiger partial charge on any atom is -0.317 e. The van der Waals surface area contributed by atoms with Crippen molar-refractivity contribution in [3.05, 3.63) is 12.2 Å². The molecule has 7 heteroatoms. The second kappa shape index (κ2) is 4.96. The summed E-state index contributed by atoms with van der Waals surface area (Å²) in [6, 6.07) is 0. The summed E-state index contributed by atoms with van der Waals surface area (Å²) in [5.74, 6) is 1.39. The quantitative estimate of drug-likeness (QED) is 0.826. The van der Waals surface area contributed by atoms with Gasteiger partial charge in [0.05, 0.1) is 11.0 Å². The van der Waals surface area contributed by atoms with Gasteiger partial charge in [-0.05, 0) is 39.3 Å². The van der Waals surface area contributed by atoms with E-state index in [1.807, 2.05) is 13.3 Å². The van der Waals surface area contributed by atoms with E-state index in [0.717, 1.165) is 44.7 Å². The Bertz CT molecular complexity index is 482. The second-order valence-corrected chi connectivity index (χ2v) is 7.32. The first-order chi connectivity index (χ1) is 9.12. The zero-order chi connectivity index (χ0) is 13.5. The van der Waals surface area contributed by atoms with Crippen molar-refractivity contribution in [2.75, 3.05) is 13.1 Å². The van der Waals surface area contributed by atoms with E-state index in [-0.39, 0.29) is 10.7 Å². The maximum Gasteiger partial charge on any atom is 0.136 e. The first kappa shape index (κ1) is 13.2. The molecule has 0 radical (unpaired) electrons. The van der Waals surface area contributed by atoms with Gasteiger partial charge in [0.25, 0.3) is 0 Å². The van der Waals surface area contributed by atoms with Crippen molar-refractivity contribution < 1.29 is 4.21 Å². The van der Waals surface area contributed by atoms with Crippen LogP contribution in [0.3, 0.4) is 0 Å². The SMILES string of the molecule is CC(C[C@@H]1c2nncn2CC12CCNCC2)S(N)=O. The van der Waals surface area contributed by atoms with E-state index in [9.17, 15) is 4.21 Å². The predicted molar refractivity (Wildman–Crippen MR) is 73.7 cm³/mol. The number of hydrogen-bond acceptors (Lipinski definition) is 4. The zero-order valence-corrected chi connectivity index (χ0v) is 12.0. The highest BCUT2D eigenvalue weighted by Gasteiger charge is 2.48. The molecule has 2 aliphatic rings. The number of fused-ring (bicyclic) bond motifs is 1.